The van der Waals surface area contributed by atoms with Crippen molar-refractivity contribution in [3.8, 4) is 0 Å². The zero-order chi connectivity index (χ0) is 15.5. The van der Waals surface area contributed by atoms with Crippen LogP contribution in [0.2, 0.25) is 0 Å². The number of halogens is 1. The van der Waals surface area contributed by atoms with Crippen LogP contribution in [0.5, 0.6) is 0 Å². The van der Waals surface area contributed by atoms with E-state index in [1.807, 2.05) is 49.4 Å². The Bertz CT molecular complexity index is 825. The molecule has 110 valence electrons. The third kappa shape index (κ3) is 3.30. The van der Waals surface area contributed by atoms with Gasteiger partial charge < -0.3 is 4.74 Å². The van der Waals surface area contributed by atoms with Crippen molar-refractivity contribution in [3.63, 3.8) is 0 Å². The van der Waals surface area contributed by atoms with Crippen molar-refractivity contribution in [2.24, 2.45) is 0 Å². The summed E-state index contributed by atoms with van der Waals surface area (Å²) < 4.78 is 6.56. The Kier molecular flexibility index (Phi) is 4.43. The minimum atomic E-state index is -0.285. The standard InChI is InChI=1S/C19H15IO2/c1-13-9-16(10-15-11-17(20)7-8-18(13)15)19(21)22-12-14-5-3-2-4-6-14/h2-11H,12H2,1H3. The summed E-state index contributed by atoms with van der Waals surface area (Å²) in [6.45, 7) is 2.31. The van der Waals surface area contributed by atoms with Gasteiger partial charge in [0.15, 0.2) is 0 Å². The molecule has 0 aliphatic rings. The average molecular weight is 402 g/mol. The maximum Gasteiger partial charge on any atom is 0.338 e. The number of carbonyl (C=O) groups excluding carboxylic acids is 1. The van der Waals surface area contributed by atoms with E-state index in [9.17, 15) is 4.79 Å². The van der Waals surface area contributed by atoms with Crippen molar-refractivity contribution in [2.75, 3.05) is 0 Å². The van der Waals surface area contributed by atoms with Crippen LogP contribution in [0.25, 0.3) is 10.8 Å². The van der Waals surface area contributed by atoms with E-state index >= 15 is 0 Å². The van der Waals surface area contributed by atoms with Gasteiger partial charge in [0.25, 0.3) is 0 Å². The molecule has 0 heterocycles. The molecule has 2 nitrogen and oxygen atoms in total. The molecule has 3 heteroatoms. The molecule has 3 rings (SSSR count). The van der Waals surface area contributed by atoms with Gasteiger partial charge in [-0.3, -0.25) is 0 Å². The predicted molar refractivity (Wildman–Crippen MR) is 97.0 cm³/mol. The highest BCUT2D eigenvalue weighted by Gasteiger charge is 2.10. The van der Waals surface area contributed by atoms with E-state index < -0.39 is 0 Å². The van der Waals surface area contributed by atoms with Crippen LogP contribution in [0, 0.1) is 10.5 Å². The molecule has 0 fully saturated rings. The van der Waals surface area contributed by atoms with Crippen LogP contribution < -0.4 is 0 Å². The summed E-state index contributed by atoms with van der Waals surface area (Å²) in [6.07, 6.45) is 0. The van der Waals surface area contributed by atoms with E-state index in [0.29, 0.717) is 12.2 Å². The fourth-order valence-corrected chi connectivity index (χ4v) is 2.97. The monoisotopic (exact) mass is 402 g/mol. The molecule has 0 saturated carbocycles. The number of esters is 1. The average Bonchev–Trinajstić information content (AvgIpc) is 2.53. The zero-order valence-corrected chi connectivity index (χ0v) is 14.3. The van der Waals surface area contributed by atoms with Gasteiger partial charge in [-0.05, 0) is 75.7 Å². The van der Waals surface area contributed by atoms with Crippen LogP contribution in [-0.2, 0) is 11.3 Å². The van der Waals surface area contributed by atoms with Crippen molar-refractivity contribution in [2.45, 2.75) is 13.5 Å². The number of fused-ring (bicyclic) bond motifs is 1. The van der Waals surface area contributed by atoms with Gasteiger partial charge >= 0.3 is 5.97 Å². The van der Waals surface area contributed by atoms with Crippen molar-refractivity contribution >= 4 is 39.3 Å². The summed E-state index contributed by atoms with van der Waals surface area (Å²) in [5.74, 6) is -0.285. The van der Waals surface area contributed by atoms with Crippen molar-refractivity contribution < 1.29 is 9.53 Å². The first-order valence-electron chi connectivity index (χ1n) is 7.04. The van der Waals surface area contributed by atoms with Crippen LogP contribution in [0.4, 0.5) is 0 Å². The van der Waals surface area contributed by atoms with E-state index in [2.05, 4.69) is 40.8 Å². The minimum absolute atomic E-state index is 0.285. The number of ether oxygens (including phenoxy) is 1. The normalized spacial score (nSPS) is 10.6. The van der Waals surface area contributed by atoms with Gasteiger partial charge in [-0.1, -0.05) is 36.4 Å². The SMILES string of the molecule is Cc1cc(C(=O)OCc2ccccc2)cc2cc(I)ccc12. The Balaban J connectivity index is 1.84. The lowest BCUT2D eigenvalue weighted by atomic mass is 10.0. The van der Waals surface area contributed by atoms with Crippen molar-refractivity contribution in [1.29, 1.82) is 0 Å². The highest BCUT2D eigenvalue weighted by Crippen LogP contribution is 2.23. The molecule has 0 N–H and O–H groups in total. The molecule has 0 unspecified atom stereocenters. The number of rotatable bonds is 3. The number of aryl methyl sites for hydroxylation is 1. The Morgan fingerprint density at radius 3 is 2.59 bits per heavy atom. The molecule has 0 bridgehead atoms. The van der Waals surface area contributed by atoms with Gasteiger partial charge in [0.1, 0.15) is 6.61 Å². The molecule has 22 heavy (non-hydrogen) atoms. The topological polar surface area (TPSA) is 26.3 Å². The Labute approximate surface area is 143 Å². The summed E-state index contributed by atoms with van der Waals surface area (Å²) in [5.41, 5.74) is 2.67. The largest absolute Gasteiger partial charge is 0.457 e. The van der Waals surface area contributed by atoms with Crippen LogP contribution in [0.3, 0.4) is 0 Å². The molecule has 0 aromatic heterocycles. The summed E-state index contributed by atoms with van der Waals surface area (Å²) >= 11 is 2.28. The van der Waals surface area contributed by atoms with Gasteiger partial charge in [0, 0.05) is 3.57 Å². The number of carbonyl (C=O) groups is 1. The fraction of sp³-hybridized carbons (Fsp3) is 0.105. The minimum Gasteiger partial charge on any atom is -0.457 e. The molecule has 3 aromatic rings. The molecule has 3 aromatic carbocycles. The first-order chi connectivity index (χ1) is 10.6. The van der Waals surface area contributed by atoms with E-state index in [1.165, 1.54) is 5.39 Å². The summed E-state index contributed by atoms with van der Waals surface area (Å²) in [6, 6.07) is 19.7. The van der Waals surface area contributed by atoms with Gasteiger partial charge in [0.2, 0.25) is 0 Å². The number of benzene rings is 3. The molecule has 0 aliphatic carbocycles. The highest BCUT2D eigenvalue weighted by molar-refractivity contribution is 14.1. The third-order valence-electron chi connectivity index (χ3n) is 3.57. The second-order valence-corrected chi connectivity index (χ2v) is 6.47. The van der Waals surface area contributed by atoms with Crippen LogP contribution in [-0.4, -0.2) is 5.97 Å². The smallest absolute Gasteiger partial charge is 0.338 e. The molecule has 0 atom stereocenters. The van der Waals surface area contributed by atoms with E-state index in [4.69, 9.17) is 4.74 Å². The lowest BCUT2D eigenvalue weighted by Crippen LogP contribution is -2.05. The second-order valence-electron chi connectivity index (χ2n) is 5.22. The summed E-state index contributed by atoms with van der Waals surface area (Å²) in [5, 5.41) is 2.23. The lowest BCUT2D eigenvalue weighted by molar-refractivity contribution is 0.0473. The van der Waals surface area contributed by atoms with E-state index in [-0.39, 0.29) is 5.97 Å². The maximum atomic E-state index is 12.3. The highest BCUT2D eigenvalue weighted by atomic mass is 127. The van der Waals surface area contributed by atoms with Crippen LogP contribution in [0.15, 0.2) is 60.7 Å². The van der Waals surface area contributed by atoms with Crippen molar-refractivity contribution in [3.05, 3.63) is 80.9 Å². The molecular formula is C19H15IO2. The van der Waals surface area contributed by atoms with Gasteiger partial charge in [-0.25, -0.2) is 4.79 Å². The summed E-state index contributed by atoms with van der Waals surface area (Å²) in [7, 11) is 0. The second kappa shape index (κ2) is 6.48. The zero-order valence-electron chi connectivity index (χ0n) is 12.2. The Morgan fingerprint density at radius 2 is 1.82 bits per heavy atom. The van der Waals surface area contributed by atoms with E-state index in [0.717, 1.165) is 20.1 Å². The first kappa shape index (κ1) is 15.0. The quantitative estimate of drug-likeness (QED) is 0.450. The number of hydrogen-bond acceptors (Lipinski definition) is 2. The maximum absolute atomic E-state index is 12.3. The summed E-state index contributed by atoms with van der Waals surface area (Å²) in [4.78, 5) is 12.3. The third-order valence-corrected chi connectivity index (χ3v) is 4.24. The Morgan fingerprint density at radius 1 is 1.05 bits per heavy atom. The molecular weight excluding hydrogens is 387 g/mol. The van der Waals surface area contributed by atoms with Gasteiger partial charge in [-0.2, -0.15) is 0 Å². The fourth-order valence-electron chi connectivity index (χ4n) is 2.46. The molecule has 0 spiro atoms. The van der Waals surface area contributed by atoms with E-state index in [1.54, 1.807) is 0 Å². The van der Waals surface area contributed by atoms with Gasteiger partial charge in [0.05, 0.1) is 5.56 Å². The van der Waals surface area contributed by atoms with Crippen LogP contribution in [0.1, 0.15) is 21.5 Å². The van der Waals surface area contributed by atoms with Crippen molar-refractivity contribution in [1.82, 2.24) is 0 Å². The number of hydrogen-bond donors (Lipinski definition) is 0. The van der Waals surface area contributed by atoms with Gasteiger partial charge in [-0.15, -0.1) is 0 Å². The first-order valence-corrected chi connectivity index (χ1v) is 8.12. The molecule has 0 amide bonds. The molecule has 0 radical (unpaired) electrons. The molecule has 0 aliphatic heterocycles. The lowest BCUT2D eigenvalue weighted by Gasteiger charge is -2.08. The Hall–Kier alpha value is -1.88. The van der Waals surface area contributed by atoms with Crippen LogP contribution >= 0.6 is 22.6 Å². The molecule has 0 saturated heterocycles. The predicted octanol–water partition coefficient (Wildman–Crippen LogP) is 5.11.